The van der Waals surface area contributed by atoms with Crippen LogP contribution in [0.1, 0.15) is 37.7 Å². The SMILES string of the molecule is N#Cc1cc2cccnc2nc1NC1CCCC12CCOCC2. The van der Waals surface area contributed by atoms with Crippen LogP contribution in [0.15, 0.2) is 24.4 Å². The highest BCUT2D eigenvalue weighted by atomic mass is 16.5. The molecule has 0 bridgehead atoms. The summed E-state index contributed by atoms with van der Waals surface area (Å²) in [5.74, 6) is 0.677. The predicted molar refractivity (Wildman–Crippen MR) is 88.0 cm³/mol. The summed E-state index contributed by atoms with van der Waals surface area (Å²) in [5.41, 5.74) is 1.58. The van der Waals surface area contributed by atoms with Gasteiger partial charge in [-0.2, -0.15) is 5.26 Å². The van der Waals surface area contributed by atoms with E-state index >= 15 is 0 Å². The van der Waals surface area contributed by atoms with Gasteiger partial charge in [0.25, 0.3) is 0 Å². The van der Waals surface area contributed by atoms with E-state index in [1.54, 1.807) is 6.20 Å². The standard InChI is InChI=1S/C18H20N4O/c19-12-14-11-13-3-2-8-20-16(13)22-17(14)21-15-4-1-5-18(15)6-9-23-10-7-18/h2-3,8,11,15H,1,4-7,9-10H2,(H,20,21,22). The summed E-state index contributed by atoms with van der Waals surface area (Å²) in [5, 5.41) is 14.0. The van der Waals surface area contributed by atoms with Gasteiger partial charge in [0.15, 0.2) is 5.65 Å². The highest BCUT2D eigenvalue weighted by molar-refractivity contribution is 5.79. The molecule has 1 spiro atoms. The van der Waals surface area contributed by atoms with Crippen molar-refractivity contribution in [2.75, 3.05) is 18.5 Å². The molecule has 1 saturated carbocycles. The van der Waals surface area contributed by atoms with Crippen molar-refractivity contribution in [1.82, 2.24) is 9.97 Å². The van der Waals surface area contributed by atoms with Crippen LogP contribution in [0, 0.1) is 16.7 Å². The second kappa shape index (κ2) is 5.78. The van der Waals surface area contributed by atoms with Crippen molar-refractivity contribution >= 4 is 16.9 Å². The minimum atomic E-state index is 0.297. The number of anilines is 1. The van der Waals surface area contributed by atoms with Gasteiger partial charge in [-0.15, -0.1) is 0 Å². The Morgan fingerprint density at radius 3 is 3.00 bits per heavy atom. The van der Waals surface area contributed by atoms with Gasteiger partial charge < -0.3 is 10.1 Å². The molecule has 23 heavy (non-hydrogen) atoms. The van der Waals surface area contributed by atoms with Crippen molar-refractivity contribution in [3.63, 3.8) is 0 Å². The van der Waals surface area contributed by atoms with Crippen LogP contribution in [0.5, 0.6) is 0 Å². The molecule has 5 nitrogen and oxygen atoms in total. The Bertz CT molecular complexity index is 761. The van der Waals surface area contributed by atoms with Gasteiger partial charge in [-0.1, -0.05) is 6.42 Å². The molecule has 0 amide bonds. The first-order valence-electron chi connectivity index (χ1n) is 8.31. The zero-order valence-electron chi connectivity index (χ0n) is 13.1. The third-order valence-corrected chi connectivity index (χ3v) is 5.42. The zero-order valence-corrected chi connectivity index (χ0v) is 13.1. The normalized spacial score (nSPS) is 23.0. The van der Waals surface area contributed by atoms with Gasteiger partial charge in [0.2, 0.25) is 0 Å². The van der Waals surface area contributed by atoms with E-state index in [0.717, 1.165) is 37.9 Å². The molecule has 1 saturated heterocycles. The molecule has 1 aliphatic heterocycles. The van der Waals surface area contributed by atoms with Gasteiger partial charge in [-0.05, 0) is 49.3 Å². The maximum absolute atomic E-state index is 9.48. The molecule has 0 aromatic carbocycles. The first kappa shape index (κ1) is 14.4. The molecule has 4 rings (SSSR count). The van der Waals surface area contributed by atoms with E-state index in [-0.39, 0.29) is 0 Å². The van der Waals surface area contributed by atoms with Gasteiger partial charge in [0.1, 0.15) is 11.9 Å². The van der Waals surface area contributed by atoms with Crippen molar-refractivity contribution in [2.45, 2.75) is 38.1 Å². The summed E-state index contributed by atoms with van der Waals surface area (Å²) >= 11 is 0. The van der Waals surface area contributed by atoms with Crippen LogP contribution in [0.25, 0.3) is 11.0 Å². The number of rotatable bonds is 2. The van der Waals surface area contributed by atoms with Crippen LogP contribution in [0.4, 0.5) is 5.82 Å². The highest BCUT2D eigenvalue weighted by Gasteiger charge is 2.44. The zero-order chi connectivity index (χ0) is 15.7. The van der Waals surface area contributed by atoms with Crippen LogP contribution in [0.2, 0.25) is 0 Å². The molecule has 3 heterocycles. The molecule has 118 valence electrons. The fraction of sp³-hybridized carbons (Fsp3) is 0.500. The third kappa shape index (κ3) is 2.53. The molecule has 1 unspecified atom stereocenters. The number of nitriles is 1. The van der Waals surface area contributed by atoms with Crippen molar-refractivity contribution in [3.05, 3.63) is 30.0 Å². The quantitative estimate of drug-likeness (QED) is 0.922. The van der Waals surface area contributed by atoms with Crippen LogP contribution >= 0.6 is 0 Å². The topological polar surface area (TPSA) is 70.8 Å². The second-order valence-electron chi connectivity index (χ2n) is 6.61. The molecule has 1 atom stereocenters. The molecule has 2 aliphatic rings. The minimum Gasteiger partial charge on any atom is -0.381 e. The number of hydrogen-bond acceptors (Lipinski definition) is 5. The van der Waals surface area contributed by atoms with E-state index in [0.29, 0.717) is 28.5 Å². The van der Waals surface area contributed by atoms with E-state index < -0.39 is 0 Å². The minimum absolute atomic E-state index is 0.297. The number of aromatic nitrogens is 2. The van der Waals surface area contributed by atoms with Gasteiger partial charge in [-0.25, -0.2) is 9.97 Å². The van der Waals surface area contributed by atoms with Crippen LogP contribution < -0.4 is 5.32 Å². The van der Waals surface area contributed by atoms with E-state index in [1.165, 1.54) is 12.8 Å². The van der Waals surface area contributed by atoms with Gasteiger partial charge in [0, 0.05) is 30.8 Å². The fourth-order valence-electron chi connectivity index (χ4n) is 4.11. The molecular weight excluding hydrogens is 288 g/mol. The lowest BCUT2D eigenvalue weighted by molar-refractivity contribution is 0.0134. The number of fused-ring (bicyclic) bond motifs is 1. The Kier molecular flexibility index (Phi) is 3.62. The van der Waals surface area contributed by atoms with Crippen LogP contribution in [-0.4, -0.2) is 29.2 Å². The largest absolute Gasteiger partial charge is 0.381 e. The molecule has 0 radical (unpaired) electrons. The molecular formula is C18H20N4O. The lowest BCUT2D eigenvalue weighted by Crippen LogP contribution is -2.41. The summed E-state index contributed by atoms with van der Waals surface area (Å²) < 4.78 is 5.55. The van der Waals surface area contributed by atoms with Crippen LogP contribution in [0.3, 0.4) is 0 Å². The molecule has 5 heteroatoms. The van der Waals surface area contributed by atoms with Gasteiger partial charge >= 0.3 is 0 Å². The van der Waals surface area contributed by atoms with Gasteiger partial charge in [0.05, 0.1) is 5.56 Å². The first-order valence-corrected chi connectivity index (χ1v) is 8.31. The Hall–Kier alpha value is -2.19. The average Bonchev–Trinajstić information content (AvgIpc) is 2.96. The van der Waals surface area contributed by atoms with Crippen LogP contribution in [-0.2, 0) is 4.74 Å². The summed E-state index contributed by atoms with van der Waals surface area (Å²) in [6, 6.07) is 8.33. The van der Waals surface area contributed by atoms with E-state index in [2.05, 4.69) is 21.4 Å². The molecule has 2 aromatic rings. The highest BCUT2D eigenvalue weighted by Crippen LogP contribution is 2.47. The Morgan fingerprint density at radius 2 is 2.17 bits per heavy atom. The number of nitrogens with one attached hydrogen (secondary N) is 1. The molecule has 1 aliphatic carbocycles. The average molecular weight is 308 g/mol. The maximum atomic E-state index is 9.48. The summed E-state index contributed by atoms with van der Waals surface area (Å²) in [6.45, 7) is 1.69. The van der Waals surface area contributed by atoms with E-state index in [1.807, 2.05) is 18.2 Å². The monoisotopic (exact) mass is 308 g/mol. The van der Waals surface area contributed by atoms with E-state index in [9.17, 15) is 5.26 Å². The fourth-order valence-corrected chi connectivity index (χ4v) is 4.11. The smallest absolute Gasteiger partial charge is 0.161 e. The maximum Gasteiger partial charge on any atom is 0.161 e. The van der Waals surface area contributed by atoms with Crippen molar-refractivity contribution < 1.29 is 4.74 Å². The molecule has 2 fully saturated rings. The number of nitrogens with zero attached hydrogens (tertiary/aromatic N) is 3. The number of pyridine rings is 2. The summed E-state index contributed by atoms with van der Waals surface area (Å²) in [6.07, 6.45) is 7.53. The molecule has 2 aromatic heterocycles. The van der Waals surface area contributed by atoms with E-state index in [4.69, 9.17) is 4.74 Å². The lowest BCUT2D eigenvalue weighted by Gasteiger charge is -2.39. The van der Waals surface area contributed by atoms with Crippen molar-refractivity contribution in [3.8, 4) is 6.07 Å². The Morgan fingerprint density at radius 1 is 1.30 bits per heavy atom. The third-order valence-electron chi connectivity index (χ3n) is 5.42. The van der Waals surface area contributed by atoms with Crippen molar-refractivity contribution in [1.29, 1.82) is 5.26 Å². The number of ether oxygens (including phenoxy) is 1. The Labute approximate surface area is 135 Å². The summed E-state index contributed by atoms with van der Waals surface area (Å²) in [7, 11) is 0. The lowest BCUT2D eigenvalue weighted by atomic mass is 9.75. The predicted octanol–water partition coefficient (Wildman–Crippen LogP) is 3.26. The number of hydrogen-bond donors (Lipinski definition) is 1. The van der Waals surface area contributed by atoms with Gasteiger partial charge in [-0.3, -0.25) is 0 Å². The summed E-state index contributed by atoms with van der Waals surface area (Å²) in [4.78, 5) is 8.93. The first-order chi connectivity index (χ1) is 11.3. The second-order valence-corrected chi connectivity index (χ2v) is 6.61. The Balaban J connectivity index is 1.68. The molecule has 1 N–H and O–H groups in total. The van der Waals surface area contributed by atoms with Crippen molar-refractivity contribution in [2.24, 2.45) is 5.41 Å².